The van der Waals surface area contributed by atoms with Gasteiger partial charge in [0.05, 0.1) is 6.61 Å². The van der Waals surface area contributed by atoms with Crippen molar-refractivity contribution in [3.8, 4) is 11.5 Å². The molecule has 0 aromatic heterocycles. The van der Waals surface area contributed by atoms with Crippen LogP contribution < -0.4 is 10.2 Å². The molecule has 3 heteroatoms. The molecule has 2 nitrogen and oxygen atoms in total. The zero-order chi connectivity index (χ0) is 9.68. The molecular weight excluding hydrogens is 163 g/mol. The van der Waals surface area contributed by atoms with Gasteiger partial charge in [-0.15, -0.1) is 0 Å². The molecule has 0 saturated carbocycles. The van der Waals surface area contributed by atoms with E-state index in [1.807, 2.05) is 0 Å². The minimum atomic E-state index is 0.0999. The first kappa shape index (κ1) is 9.97. The van der Waals surface area contributed by atoms with Crippen molar-refractivity contribution in [3.05, 3.63) is 18.2 Å². The summed E-state index contributed by atoms with van der Waals surface area (Å²) in [5.74, 6) is 0.812. The molecule has 0 bridgehead atoms. The highest BCUT2D eigenvalue weighted by atomic mass is 16.5. The highest BCUT2D eigenvalue weighted by Crippen LogP contribution is 2.13. The lowest BCUT2D eigenvalue weighted by Crippen LogP contribution is -2.04. The van der Waals surface area contributed by atoms with Crippen LogP contribution in [0, 0.1) is 0 Å². The van der Waals surface area contributed by atoms with E-state index in [1.165, 1.54) is 6.07 Å². The number of phenols is 1. The van der Waals surface area contributed by atoms with E-state index >= 15 is 0 Å². The zero-order valence-corrected chi connectivity index (χ0v) is 7.79. The summed E-state index contributed by atoms with van der Waals surface area (Å²) in [7, 11) is 5.49. The third kappa shape index (κ3) is 3.01. The van der Waals surface area contributed by atoms with Crippen LogP contribution >= 0.6 is 0 Å². The van der Waals surface area contributed by atoms with E-state index < -0.39 is 0 Å². The second-order valence-corrected chi connectivity index (χ2v) is 2.92. The highest BCUT2D eigenvalue weighted by Gasteiger charge is 1.97. The second-order valence-electron chi connectivity index (χ2n) is 2.92. The fraction of sp³-hybridized carbons (Fsp3) is 0.400. The summed E-state index contributed by atoms with van der Waals surface area (Å²) in [5.41, 5.74) is 0.356. The van der Waals surface area contributed by atoms with Gasteiger partial charge >= 0.3 is 0 Å². The first-order chi connectivity index (χ1) is 6.24. The van der Waals surface area contributed by atoms with Crippen molar-refractivity contribution >= 4 is 13.3 Å². The Bertz CT molecular complexity index is 274. The number of ether oxygens (including phenoxy) is 1. The van der Waals surface area contributed by atoms with Crippen LogP contribution in [0.5, 0.6) is 11.5 Å². The standard InChI is InChI=1S/C10H13BO2/c1-2-3-6-13-8-4-5-10(12)9(11)7-8/h4-5,7,12H,2-3,6H2,1H3. The highest BCUT2D eigenvalue weighted by molar-refractivity contribution is 6.34. The lowest BCUT2D eigenvalue weighted by Gasteiger charge is -2.06. The van der Waals surface area contributed by atoms with Crippen LogP contribution in [0.2, 0.25) is 0 Å². The number of unbranched alkanes of at least 4 members (excludes halogenated alkanes) is 1. The normalized spacial score (nSPS) is 9.92. The molecule has 2 radical (unpaired) electrons. The predicted molar refractivity (Wildman–Crippen MR) is 53.9 cm³/mol. The third-order valence-corrected chi connectivity index (χ3v) is 1.77. The van der Waals surface area contributed by atoms with E-state index in [-0.39, 0.29) is 5.75 Å². The van der Waals surface area contributed by atoms with Crippen LogP contribution in [0.25, 0.3) is 0 Å². The van der Waals surface area contributed by atoms with Crippen LogP contribution in [0.15, 0.2) is 18.2 Å². The molecule has 0 aliphatic heterocycles. The Morgan fingerprint density at radius 1 is 1.46 bits per heavy atom. The number of rotatable bonds is 4. The third-order valence-electron chi connectivity index (χ3n) is 1.77. The van der Waals surface area contributed by atoms with Gasteiger partial charge in [-0.2, -0.15) is 0 Å². The maximum atomic E-state index is 9.13. The minimum Gasteiger partial charge on any atom is -0.509 e. The smallest absolute Gasteiger partial charge is 0.119 e. The summed E-state index contributed by atoms with van der Waals surface area (Å²) in [4.78, 5) is 0. The molecule has 0 saturated heterocycles. The molecular formula is C10H13BO2. The minimum absolute atomic E-state index is 0.0999. The van der Waals surface area contributed by atoms with Crippen LogP contribution in [0.1, 0.15) is 19.8 Å². The maximum Gasteiger partial charge on any atom is 0.119 e. The Morgan fingerprint density at radius 3 is 2.85 bits per heavy atom. The Labute approximate surface area is 80.0 Å². The summed E-state index contributed by atoms with van der Waals surface area (Å²) in [5, 5.41) is 9.13. The van der Waals surface area contributed by atoms with Crippen molar-refractivity contribution in [1.82, 2.24) is 0 Å². The van der Waals surface area contributed by atoms with Gasteiger partial charge in [0.2, 0.25) is 0 Å². The van der Waals surface area contributed by atoms with Crippen molar-refractivity contribution in [2.75, 3.05) is 6.61 Å². The van der Waals surface area contributed by atoms with Crippen molar-refractivity contribution < 1.29 is 9.84 Å². The quantitative estimate of drug-likeness (QED) is 0.554. The van der Waals surface area contributed by atoms with E-state index in [2.05, 4.69) is 6.92 Å². The number of hydrogen-bond donors (Lipinski definition) is 1. The lowest BCUT2D eigenvalue weighted by atomic mass is 9.95. The largest absolute Gasteiger partial charge is 0.509 e. The molecule has 1 N–H and O–H groups in total. The fourth-order valence-corrected chi connectivity index (χ4v) is 0.957. The van der Waals surface area contributed by atoms with Crippen molar-refractivity contribution in [2.45, 2.75) is 19.8 Å². The molecule has 0 aliphatic carbocycles. The van der Waals surface area contributed by atoms with Gasteiger partial charge in [0.1, 0.15) is 19.3 Å². The maximum absolute atomic E-state index is 9.13. The summed E-state index contributed by atoms with van der Waals surface area (Å²) >= 11 is 0. The molecule has 0 amide bonds. The topological polar surface area (TPSA) is 29.5 Å². The average molecular weight is 176 g/mol. The van der Waals surface area contributed by atoms with Crippen LogP contribution in [0.4, 0.5) is 0 Å². The Balaban J connectivity index is 2.53. The van der Waals surface area contributed by atoms with Gasteiger partial charge in [0.25, 0.3) is 0 Å². The van der Waals surface area contributed by atoms with E-state index in [4.69, 9.17) is 17.7 Å². The first-order valence-corrected chi connectivity index (χ1v) is 4.45. The van der Waals surface area contributed by atoms with Gasteiger partial charge in [-0.3, -0.25) is 0 Å². The van der Waals surface area contributed by atoms with E-state index in [1.54, 1.807) is 12.1 Å². The van der Waals surface area contributed by atoms with Gasteiger partial charge < -0.3 is 9.84 Å². The van der Waals surface area contributed by atoms with Gasteiger partial charge in [-0.05, 0) is 24.6 Å². The SMILES string of the molecule is [B]c1cc(OCCCC)ccc1O. The molecule has 0 atom stereocenters. The number of aromatic hydroxyl groups is 1. The van der Waals surface area contributed by atoms with Gasteiger partial charge in [-0.1, -0.05) is 18.8 Å². The van der Waals surface area contributed by atoms with Crippen molar-refractivity contribution in [2.24, 2.45) is 0 Å². The molecule has 0 spiro atoms. The van der Waals surface area contributed by atoms with Crippen molar-refractivity contribution in [3.63, 3.8) is 0 Å². The van der Waals surface area contributed by atoms with E-state index in [0.29, 0.717) is 17.8 Å². The predicted octanol–water partition coefficient (Wildman–Crippen LogP) is 1.36. The molecule has 0 fully saturated rings. The number of phenolic OH excluding ortho intramolecular Hbond substituents is 1. The van der Waals surface area contributed by atoms with E-state index in [9.17, 15) is 0 Å². The first-order valence-electron chi connectivity index (χ1n) is 4.45. The molecule has 1 aromatic carbocycles. The molecule has 68 valence electrons. The fourth-order valence-electron chi connectivity index (χ4n) is 0.957. The number of benzene rings is 1. The van der Waals surface area contributed by atoms with Gasteiger partial charge in [-0.25, -0.2) is 0 Å². The van der Waals surface area contributed by atoms with Crippen LogP contribution in [0.3, 0.4) is 0 Å². The Morgan fingerprint density at radius 2 is 2.23 bits per heavy atom. The van der Waals surface area contributed by atoms with Crippen molar-refractivity contribution in [1.29, 1.82) is 0 Å². The molecule has 1 aromatic rings. The Hall–Kier alpha value is -1.12. The summed E-state index contributed by atoms with van der Waals surface area (Å²) < 4.78 is 5.39. The molecule has 0 unspecified atom stereocenters. The number of hydrogen-bond acceptors (Lipinski definition) is 2. The summed E-state index contributed by atoms with van der Waals surface area (Å²) in [6.07, 6.45) is 2.13. The Kier molecular flexibility index (Phi) is 3.68. The average Bonchev–Trinajstić information content (AvgIpc) is 2.12. The zero-order valence-electron chi connectivity index (χ0n) is 7.79. The molecule has 0 aliphatic rings. The summed E-state index contributed by atoms with van der Waals surface area (Å²) in [6, 6.07) is 4.88. The summed E-state index contributed by atoms with van der Waals surface area (Å²) in [6.45, 7) is 2.80. The van der Waals surface area contributed by atoms with E-state index in [0.717, 1.165) is 12.8 Å². The van der Waals surface area contributed by atoms with Crippen LogP contribution in [-0.4, -0.2) is 19.6 Å². The molecule has 1 rings (SSSR count). The molecule has 13 heavy (non-hydrogen) atoms. The monoisotopic (exact) mass is 176 g/mol. The van der Waals surface area contributed by atoms with Crippen LogP contribution in [-0.2, 0) is 0 Å². The van der Waals surface area contributed by atoms with Gasteiger partial charge in [0.15, 0.2) is 0 Å². The van der Waals surface area contributed by atoms with Gasteiger partial charge in [0, 0.05) is 0 Å². The molecule has 0 heterocycles. The lowest BCUT2D eigenvalue weighted by molar-refractivity contribution is 0.309. The second kappa shape index (κ2) is 4.80.